The van der Waals surface area contributed by atoms with Crippen molar-refractivity contribution in [3.05, 3.63) is 30.1 Å². The molecule has 0 spiro atoms. The van der Waals surface area contributed by atoms with Crippen molar-refractivity contribution in [1.82, 2.24) is 15.8 Å². The predicted molar refractivity (Wildman–Crippen MR) is 82.8 cm³/mol. The van der Waals surface area contributed by atoms with E-state index in [1.165, 1.54) is 6.07 Å². The number of halogens is 1. The van der Waals surface area contributed by atoms with E-state index in [4.69, 9.17) is 4.74 Å². The zero-order valence-electron chi connectivity index (χ0n) is 13.3. The van der Waals surface area contributed by atoms with Crippen LogP contribution in [-0.2, 0) is 4.79 Å². The van der Waals surface area contributed by atoms with Crippen molar-refractivity contribution in [3.8, 4) is 5.75 Å². The van der Waals surface area contributed by atoms with Gasteiger partial charge in [0.25, 0.3) is 0 Å². The number of benzene rings is 1. The van der Waals surface area contributed by atoms with Gasteiger partial charge in [0.15, 0.2) is 11.6 Å². The summed E-state index contributed by atoms with van der Waals surface area (Å²) in [4.78, 5) is 13.9. The second-order valence-electron chi connectivity index (χ2n) is 5.97. The van der Waals surface area contributed by atoms with Crippen molar-refractivity contribution in [2.75, 3.05) is 20.2 Å². The number of likely N-dealkylation sites (N-methyl/N-ethyl adjacent to an activating group) is 1. The molecule has 122 valence electrons. The summed E-state index contributed by atoms with van der Waals surface area (Å²) in [6, 6.07) is 6.34. The molecule has 1 amide bonds. The van der Waals surface area contributed by atoms with Crippen molar-refractivity contribution < 1.29 is 13.9 Å². The summed E-state index contributed by atoms with van der Waals surface area (Å²) >= 11 is 0. The lowest BCUT2D eigenvalue weighted by Gasteiger charge is -2.21. The number of hydrogen-bond acceptors (Lipinski definition) is 4. The first-order chi connectivity index (χ1) is 10.5. The molecule has 6 heteroatoms. The molecule has 0 bridgehead atoms. The summed E-state index contributed by atoms with van der Waals surface area (Å²) in [5.41, 5.74) is 6.20. The lowest BCUT2D eigenvalue weighted by Crippen LogP contribution is -2.45. The van der Waals surface area contributed by atoms with Crippen LogP contribution in [0.5, 0.6) is 5.75 Å². The Balaban J connectivity index is 1.76. The van der Waals surface area contributed by atoms with Gasteiger partial charge >= 0.3 is 0 Å². The third-order valence-electron chi connectivity index (χ3n) is 3.93. The molecule has 1 aromatic carbocycles. The second-order valence-corrected chi connectivity index (χ2v) is 5.97. The van der Waals surface area contributed by atoms with Gasteiger partial charge in [-0.2, -0.15) is 0 Å². The van der Waals surface area contributed by atoms with Gasteiger partial charge in [-0.25, -0.2) is 9.82 Å². The number of hydrogen-bond donors (Lipinski definition) is 2. The first-order valence-corrected chi connectivity index (χ1v) is 7.62. The average Bonchev–Trinajstić information content (AvgIpc) is 2.98. The number of nitrogens with zero attached hydrogens (tertiary/aromatic N) is 1. The van der Waals surface area contributed by atoms with E-state index >= 15 is 0 Å². The molecular formula is C16H24FN3O2. The van der Waals surface area contributed by atoms with Crippen LogP contribution in [0.3, 0.4) is 0 Å². The van der Waals surface area contributed by atoms with Crippen LogP contribution in [0.4, 0.5) is 4.39 Å². The highest BCUT2D eigenvalue weighted by molar-refractivity contribution is 5.82. The molecule has 1 aliphatic rings. The molecule has 2 atom stereocenters. The van der Waals surface area contributed by atoms with Crippen LogP contribution in [0, 0.1) is 11.7 Å². The Labute approximate surface area is 130 Å². The largest absolute Gasteiger partial charge is 0.489 e. The summed E-state index contributed by atoms with van der Waals surface area (Å²) in [5.74, 6) is 0.314. The summed E-state index contributed by atoms with van der Waals surface area (Å²) in [6.45, 7) is 4.92. The van der Waals surface area contributed by atoms with E-state index in [0.717, 1.165) is 6.42 Å². The van der Waals surface area contributed by atoms with Crippen molar-refractivity contribution in [2.24, 2.45) is 5.92 Å². The summed E-state index contributed by atoms with van der Waals surface area (Å²) in [7, 11) is 1.73. The smallest absolute Gasteiger partial charge is 0.240 e. The van der Waals surface area contributed by atoms with Crippen molar-refractivity contribution in [1.29, 1.82) is 0 Å². The van der Waals surface area contributed by atoms with Crippen LogP contribution >= 0.6 is 0 Å². The van der Waals surface area contributed by atoms with E-state index in [1.807, 2.05) is 0 Å². The predicted octanol–water partition coefficient (Wildman–Crippen LogP) is 1.55. The van der Waals surface area contributed by atoms with Crippen LogP contribution < -0.4 is 15.6 Å². The Morgan fingerprint density at radius 2 is 2.14 bits per heavy atom. The summed E-state index contributed by atoms with van der Waals surface area (Å²) in [6.07, 6.45) is 0.773. The van der Waals surface area contributed by atoms with E-state index in [2.05, 4.69) is 24.7 Å². The topological polar surface area (TPSA) is 53.6 Å². The lowest BCUT2D eigenvalue weighted by molar-refractivity contribution is -0.132. The fraction of sp³-hybridized carbons (Fsp3) is 0.562. The Hall–Kier alpha value is -1.66. The Bertz CT molecular complexity index is 510. The van der Waals surface area contributed by atoms with E-state index in [-0.39, 0.29) is 24.3 Å². The first-order valence-electron chi connectivity index (χ1n) is 7.62. The third-order valence-corrected chi connectivity index (χ3v) is 3.93. The number of rotatable bonds is 6. The van der Waals surface area contributed by atoms with E-state index in [0.29, 0.717) is 18.5 Å². The minimum atomic E-state index is -0.391. The van der Waals surface area contributed by atoms with Crippen LogP contribution in [0.2, 0.25) is 0 Å². The van der Waals surface area contributed by atoms with Crippen molar-refractivity contribution >= 4 is 5.91 Å². The highest BCUT2D eigenvalue weighted by Gasteiger charge is 2.32. The third kappa shape index (κ3) is 4.18. The van der Waals surface area contributed by atoms with Gasteiger partial charge in [-0.1, -0.05) is 26.0 Å². The molecule has 2 rings (SSSR count). The Morgan fingerprint density at radius 1 is 1.41 bits per heavy atom. The standard InChI is InChI=1S/C16H24FN3O2/c1-11(2)13-10-14(19-18-13)16(21)20(3)8-9-22-15-7-5-4-6-12(15)17/h4-7,11,13-14,18-19H,8-10H2,1-3H3. The number of nitrogens with one attached hydrogen (secondary N) is 2. The SMILES string of the molecule is CC(C)C1CC(C(=O)N(C)CCOc2ccccc2F)NN1. The molecule has 0 radical (unpaired) electrons. The maximum atomic E-state index is 13.4. The Kier molecular flexibility index (Phi) is 5.74. The molecule has 1 fully saturated rings. The maximum absolute atomic E-state index is 13.4. The quantitative estimate of drug-likeness (QED) is 0.837. The lowest BCUT2D eigenvalue weighted by atomic mass is 9.99. The van der Waals surface area contributed by atoms with Gasteiger partial charge in [0.2, 0.25) is 5.91 Å². The average molecular weight is 309 g/mol. The summed E-state index contributed by atoms with van der Waals surface area (Å²) in [5, 5.41) is 0. The normalized spacial score (nSPS) is 21.1. The Morgan fingerprint density at radius 3 is 2.77 bits per heavy atom. The minimum Gasteiger partial charge on any atom is -0.489 e. The molecule has 0 aromatic heterocycles. The fourth-order valence-electron chi connectivity index (χ4n) is 2.41. The van der Waals surface area contributed by atoms with Gasteiger partial charge in [0, 0.05) is 13.1 Å². The number of hydrazine groups is 1. The molecule has 22 heavy (non-hydrogen) atoms. The molecule has 1 heterocycles. The fourth-order valence-corrected chi connectivity index (χ4v) is 2.41. The van der Waals surface area contributed by atoms with Gasteiger partial charge in [-0.05, 0) is 24.5 Å². The number of carbonyl (C=O) groups excluding carboxylic acids is 1. The minimum absolute atomic E-state index is 0.0211. The van der Waals surface area contributed by atoms with Crippen molar-refractivity contribution in [2.45, 2.75) is 32.4 Å². The van der Waals surface area contributed by atoms with E-state index < -0.39 is 5.82 Å². The molecular weight excluding hydrogens is 285 g/mol. The van der Waals surface area contributed by atoms with Gasteiger partial charge in [0.1, 0.15) is 12.6 Å². The highest BCUT2D eigenvalue weighted by Crippen LogP contribution is 2.16. The molecule has 5 nitrogen and oxygen atoms in total. The van der Waals surface area contributed by atoms with E-state index in [9.17, 15) is 9.18 Å². The second kappa shape index (κ2) is 7.56. The van der Waals surface area contributed by atoms with Gasteiger partial charge in [-0.3, -0.25) is 10.2 Å². The van der Waals surface area contributed by atoms with Crippen LogP contribution in [-0.4, -0.2) is 43.1 Å². The zero-order valence-corrected chi connectivity index (χ0v) is 13.3. The van der Waals surface area contributed by atoms with Crippen LogP contribution in [0.1, 0.15) is 20.3 Å². The number of ether oxygens (including phenoxy) is 1. The molecule has 0 aliphatic carbocycles. The number of carbonyl (C=O) groups is 1. The molecule has 2 unspecified atom stereocenters. The van der Waals surface area contributed by atoms with Crippen LogP contribution in [0.25, 0.3) is 0 Å². The van der Waals surface area contributed by atoms with Gasteiger partial charge in [-0.15, -0.1) is 0 Å². The van der Waals surface area contributed by atoms with Crippen LogP contribution in [0.15, 0.2) is 24.3 Å². The zero-order chi connectivity index (χ0) is 16.1. The molecule has 1 aromatic rings. The molecule has 2 N–H and O–H groups in total. The number of para-hydroxylation sites is 1. The molecule has 0 saturated carbocycles. The summed E-state index contributed by atoms with van der Waals surface area (Å²) < 4.78 is 18.8. The monoisotopic (exact) mass is 309 g/mol. The number of amides is 1. The van der Waals surface area contributed by atoms with Gasteiger partial charge in [0.05, 0.1) is 6.54 Å². The molecule has 1 saturated heterocycles. The maximum Gasteiger partial charge on any atom is 0.240 e. The van der Waals surface area contributed by atoms with Crippen molar-refractivity contribution in [3.63, 3.8) is 0 Å². The molecule has 1 aliphatic heterocycles. The highest BCUT2D eigenvalue weighted by atomic mass is 19.1. The van der Waals surface area contributed by atoms with Gasteiger partial charge < -0.3 is 9.64 Å². The first kappa shape index (κ1) is 16.7. The van der Waals surface area contributed by atoms with E-state index in [1.54, 1.807) is 30.1 Å².